The lowest BCUT2D eigenvalue weighted by atomic mass is 9.77. The number of aliphatic hydroxyl groups is 4. The molecule has 6 aliphatic heterocycles. The van der Waals surface area contributed by atoms with Gasteiger partial charge in [-0.25, -0.2) is 0 Å². The number of aryl methyl sites for hydroxylation is 1. The zero-order chi connectivity index (χ0) is 44.6. The Hall–Kier alpha value is -3.57. The fraction of sp³-hybridized carbons (Fsp3) is 0.698. The van der Waals surface area contributed by atoms with Crippen LogP contribution in [0.25, 0.3) is 10.8 Å². The van der Waals surface area contributed by atoms with E-state index in [2.05, 4.69) is 0 Å². The zero-order valence-electron chi connectivity index (χ0n) is 35.7. The Kier molecular flexibility index (Phi) is 9.07. The fourth-order valence-electron chi connectivity index (χ4n) is 11.9. The van der Waals surface area contributed by atoms with Crippen LogP contribution in [0.4, 0.5) is 0 Å². The van der Waals surface area contributed by atoms with Gasteiger partial charge in [0, 0.05) is 49.8 Å². The van der Waals surface area contributed by atoms with Crippen molar-refractivity contribution in [2.45, 2.75) is 169 Å². The lowest BCUT2D eigenvalue weighted by molar-refractivity contribution is -0.374. The summed E-state index contributed by atoms with van der Waals surface area (Å²) in [4.78, 5) is 38.5. The van der Waals surface area contributed by atoms with Gasteiger partial charge in [0.15, 0.2) is 47.1 Å². The molecule has 6 fully saturated rings. The van der Waals surface area contributed by atoms with E-state index in [1.165, 1.54) is 35.0 Å². The first kappa shape index (κ1) is 42.4. The van der Waals surface area contributed by atoms with Crippen molar-refractivity contribution in [3.63, 3.8) is 0 Å². The van der Waals surface area contributed by atoms with Crippen molar-refractivity contribution in [2.75, 3.05) is 20.8 Å². The number of fused-ring (bicyclic) bond motifs is 5. The second-order valence-corrected chi connectivity index (χ2v) is 18.4. The molecule has 0 aromatic heterocycles. The van der Waals surface area contributed by atoms with Crippen molar-refractivity contribution in [1.82, 2.24) is 0 Å². The summed E-state index contributed by atoms with van der Waals surface area (Å²) in [6.07, 6.45) is -12.1. The fourth-order valence-corrected chi connectivity index (χ4v) is 11.9. The second-order valence-electron chi connectivity index (χ2n) is 18.4. The number of carbonyl (C=O) groups excluding carboxylic acids is 3. The molecule has 6 heterocycles. The molecule has 1 saturated carbocycles. The SMILES string of the molecule is COc1c2c(c(O)c3c4c(c(C)cc13)C1C3OC5([C@H](C)OC)OC15[C@]1(CO1)[C@]3(OC1CC(O)C(O)(C(C)=O)C(C)O1)O4)C(=O)[C@@H](O)C[C@@H]2OC1CC(C)(O)C(OC(C)=O)C(C)O1. The number of hydrogen-bond donors (Lipinski definition) is 5. The van der Waals surface area contributed by atoms with Gasteiger partial charge in [0.1, 0.15) is 41.2 Å². The van der Waals surface area contributed by atoms with E-state index in [9.17, 15) is 39.9 Å². The highest BCUT2D eigenvalue weighted by Gasteiger charge is 3.07. The Morgan fingerprint density at radius 3 is 2.34 bits per heavy atom. The summed E-state index contributed by atoms with van der Waals surface area (Å²) >= 11 is 0. The average molecular weight is 873 g/mol. The summed E-state index contributed by atoms with van der Waals surface area (Å²) in [5.74, 6) is -6.34. The minimum absolute atomic E-state index is 0.0400. The minimum atomic E-state index is -2.21. The standard InChI is InChI=1S/C43H52O19/c1-15-10-21-28(33(49)30-29(34(21)53-9)23(11-22(46)32(30)48)58-26-13-38(7,50)36(16(2)55-26)57-20(6)45)35-27(15)31-37-43(60-35,59-25-12-24(47)40(51,17(3)44)18(4)56-25)39(14-54-39)41(31)42(61-37,62-41)19(5)52-8/h10,16,18-19,22-26,31,36-37,46-47,49-51H,11-14H2,1-9H3/t16?,18?,19-,22-,23-,24?,25?,26?,31?,36?,37?,38?,39+,40?,41?,42?,43+/m0/s1. The molecule has 17 atom stereocenters. The van der Waals surface area contributed by atoms with Crippen LogP contribution in [0.2, 0.25) is 0 Å². The van der Waals surface area contributed by atoms with Crippen molar-refractivity contribution in [2.24, 2.45) is 0 Å². The van der Waals surface area contributed by atoms with Crippen molar-refractivity contribution in [3.05, 3.63) is 28.3 Å². The van der Waals surface area contributed by atoms with Crippen LogP contribution in [0.1, 0.15) is 99.9 Å². The highest BCUT2D eigenvalue weighted by molar-refractivity contribution is 6.13. The number of rotatable bonds is 9. The predicted octanol–water partition coefficient (Wildman–Crippen LogP) is 1.37. The third-order valence-electron chi connectivity index (χ3n) is 14.9. The van der Waals surface area contributed by atoms with E-state index in [1.807, 2.05) is 6.92 Å². The molecule has 5 saturated heterocycles. The molecule has 2 spiro atoms. The third kappa shape index (κ3) is 4.99. The number of esters is 1. The van der Waals surface area contributed by atoms with Gasteiger partial charge in [-0.05, 0) is 53.2 Å². The van der Waals surface area contributed by atoms with Crippen LogP contribution in [0, 0.1) is 6.92 Å². The molecule has 5 N–H and O–H groups in total. The number of phenolic OH excluding ortho intramolecular Hbond substituents is 1. The van der Waals surface area contributed by atoms with E-state index in [-0.39, 0.29) is 53.9 Å². The lowest BCUT2D eigenvalue weighted by Crippen LogP contribution is -2.68. The smallest absolute Gasteiger partial charge is 0.303 e. The first-order valence-corrected chi connectivity index (χ1v) is 20.9. The Balaban J connectivity index is 1.12. The number of epoxide rings is 2. The molecule has 10 rings (SSSR count). The van der Waals surface area contributed by atoms with E-state index in [1.54, 1.807) is 19.9 Å². The molecule has 2 aliphatic carbocycles. The highest BCUT2D eigenvalue weighted by Crippen LogP contribution is 2.85. The van der Waals surface area contributed by atoms with Gasteiger partial charge in [0.05, 0.1) is 55.0 Å². The molecule has 19 nitrogen and oxygen atoms in total. The number of ketones is 2. The molecule has 12 unspecified atom stereocenters. The summed E-state index contributed by atoms with van der Waals surface area (Å²) in [5.41, 5.74) is -5.36. The van der Waals surface area contributed by atoms with Gasteiger partial charge in [-0.15, -0.1) is 0 Å². The number of aliphatic hydroxyl groups excluding tert-OH is 2. The quantitative estimate of drug-likeness (QED) is 0.176. The van der Waals surface area contributed by atoms with Gasteiger partial charge in [-0.1, -0.05) is 0 Å². The van der Waals surface area contributed by atoms with Gasteiger partial charge < -0.3 is 77.6 Å². The van der Waals surface area contributed by atoms with Gasteiger partial charge in [-0.3, -0.25) is 14.4 Å². The molecule has 4 bridgehead atoms. The van der Waals surface area contributed by atoms with Crippen LogP contribution >= 0.6 is 0 Å². The maximum atomic E-state index is 14.1. The first-order valence-electron chi connectivity index (χ1n) is 20.9. The average Bonchev–Trinajstić information content (AvgIpc) is 4.11. The number of carbonyl (C=O) groups is 3. The normalized spacial score (nSPS) is 46.1. The monoisotopic (exact) mass is 872 g/mol. The molecule has 19 heteroatoms. The molecule has 0 amide bonds. The third-order valence-corrected chi connectivity index (χ3v) is 14.9. The first-order chi connectivity index (χ1) is 29.1. The van der Waals surface area contributed by atoms with Crippen molar-refractivity contribution >= 4 is 28.3 Å². The second kappa shape index (κ2) is 13.3. The maximum absolute atomic E-state index is 14.1. The van der Waals surface area contributed by atoms with E-state index in [0.717, 1.165) is 6.92 Å². The minimum Gasteiger partial charge on any atom is -0.506 e. The van der Waals surface area contributed by atoms with E-state index in [0.29, 0.717) is 16.5 Å². The summed E-state index contributed by atoms with van der Waals surface area (Å²) < 4.78 is 69.7. The number of ether oxygens (including phenoxy) is 11. The van der Waals surface area contributed by atoms with Gasteiger partial charge in [0.25, 0.3) is 5.79 Å². The van der Waals surface area contributed by atoms with Crippen LogP contribution in [0.15, 0.2) is 6.07 Å². The van der Waals surface area contributed by atoms with Crippen LogP contribution in [0.5, 0.6) is 17.2 Å². The maximum Gasteiger partial charge on any atom is 0.303 e. The molecule has 2 aromatic carbocycles. The lowest BCUT2D eigenvalue weighted by Gasteiger charge is -2.49. The zero-order valence-corrected chi connectivity index (χ0v) is 35.7. The van der Waals surface area contributed by atoms with Gasteiger partial charge in [0.2, 0.25) is 5.79 Å². The highest BCUT2D eigenvalue weighted by atomic mass is 16.9. The number of hydrogen-bond acceptors (Lipinski definition) is 19. The van der Waals surface area contributed by atoms with Gasteiger partial charge in [-0.2, -0.15) is 0 Å². The van der Waals surface area contributed by atoms with Crippen LogP contribution in [0.3, 0.4) is 0 Å². The summed E-state index contributed by atoms with van der Waals surface area (Å²) in [6.45, 7) is 10.7. The molecule has 8 aliphatic rings. The number of Topliss-reactive ketones (excluding diaryl/α,β-unsaturated/α-hetero) is 2. The van der Waals surface area contributed by atoms with E-state index < -0.39 is 125 Å². The van der Waals surface area contributed by atoms with Crippen LogP contribution < -0.4 is 9.47 Å². The molecule has 338 valence electrons. The Morgan fingerprint density at radius 2 is 1.74 bits per heavy atom. The Bertz CT molecular complexity index is 2290. The molecular weight excluding hydrogens is 820 g/mol. The van der Waals surface area contributed by atoms with Gasteiger partial charge >= 0.3 is 5.97 Å². The van der Waals surface area contributed by atoms with Crippen molar-refractivity contribution in [3.8, 4) is 17.2 Å². The van der Waals surface area contributed by atoms with Crippen molar-refractivity contribution in [1.29, 1.82) is 0 Å². The van der Waals surface area contributed by atoms with Crippen LogP contribution in [-0.4, -0.2) is 153 Å². The Morgan fingerprint density at radius 1 is 1.03 bits per heavy atom. The summed E-state index contributed by atoms with van der Waals surface area (Å²) in [7, 11) is 2.92. The molecule has 0 radical (unpaired) electrons. The Labute approximate surface area is 355 Å². The largest absolute Gasteiger partial charge is 0.506 e. The molecule has 62 heavy (non-hydrogen) atoms. The predicted molar refractivity (Wildman–Crippen MR) is 205 cm³/mol. The summed E-state index contributed by atoms with van der Waals surface area (Å²) in [5, 5.41) is 57.9. The van der Waals surface area contributed by atoms with Crippen LogP contribution in [-0.2, 0) is 52.2 Å². The van der Waals surface area contributed by atoms with E-state index in [4.69, 9.17) is 52.1 Å². The molecule has 2 aromatic rings. The van der Waals surface area contributed by atoms with E-state index >= 15 is 0 Å². The summed E-state index contributed by atoms with van der Waals surface area (Å²) in [6, 6.07) is 1.79. The number of methoxy groups -OCH3 is 2. The molecular formula is C43H52O19. The number of aromatic hydroxyl groups is 1. The number of benzene rings is 2. The van der Waals surface area contributed by atoms with Crippen molar-refractivity contribution < 1.29 is 92.0 Å². The number of phenols is 1. The topological polar surface area (TPSA) is 260 Å².